The van der Waals surface area contributed by atoms with E-state index in [-0.39, 0.29) is 0 Å². The Labute approximate surface area is 61.9 Å². The SMILES string of the molecule is C=C1C[C@H]2CNCCN2C1. The van der Waals surface area contributed by atoms with Crippen LogP contribution in [0.2, 0.25) is 0 Å². The molecule has 0 aromatic rings. The molecule has 2 fully saturated rings. The van der Waals surface area contributed by atoms with Crippen molar-refractivity contribution in [1.29, 1.82) is 0 Å². The lowest BCUT2D eigenvalue weighted by atomic mass is 10.1. The Morgan fingerprint density at radius 3 is 3.30 bits per heavy atom. The lowest BCUT2D eigenvalue weighted by molar-refractivity contribution is 0.213. The fraction of sp³-hybridized carbons (Fsp3) is 0.750. The van der Waals surface area contributed by atoms with Crippen LogP contribution in [-0.4, -0.2) is 37.1 Å². The number of nitrogens with zero attached hydrogens (tertiary/aromatic N) is 1. The van der Waals surface area contributed by atoms with Crippen LogP contribution in [0.4, 0.5) is 0 Å². The Kier molecular flexibility index (Phi) is 1.51. The van der Waals surface area contributed by atoms with Crippen molar-refractivity contribution in [1.82, 2.24) is 10.2 Å². The van der Waals surface area contributed by atoms with Crippen molar-refractivity contribution < 1.29 is 0 Å². The van der Waals surface area contributed by atoms with Gasteiger partial charge in [-0.3, -0.25) is 4.90 Å². The number of hydrogen-bond donors (Lipinski definition) is 1. The second kappa shape index (κ2) is 2.36. The highest BCUT2D eigenvalue weighted by molar-refractivity contribution is 5.09. The fourth-order valence-corrected chi connectivity index (χ4v) is 1.90. The zero-order valence-corrected chi connectivity index (χ0v) is 6.27. The standard InChI is InChI=1S/C8H14N2/c1-7-4-8-5-9-2-3-10(8)6-7/h8-9H,1-6H2/t8-/m0/s1. The van der Waals surface area contributed by atoms with Crippen LogP contribution in [0, 0.1) is 0 Å². The van der Waals surface area contributed by atoms with E-state index in [0.29, 0.717) is 0 Å². The van der Waals surface area contributed by atoms with Crippen LogP contribution in [0.3, 0.4) is 0 Å². The zero-order valence-electron chi connectivity index (χ0n) is 6.27. The minimum atomic E-state index is 0.765. The highest BCUT2D eigenvalue weighted by atomic mass is 15.2. The van der Waals surface area contributed by atoms with Crippen molar-refractivity contribution in [3.8, 4) is 0 Å². The van der Waals surface area contributed by atoms with E-state index in [1.165, 1.54) is 25.1 Å². The predicted octanol–water partition coefficient (Wildman–Crippen LogP) is 0.220. The van der Waals surface area contributed by atoms with Gasteiger partial charge in [0.15, 0.2) is 0 Å². The molecule has 56 valence electrons. The molecule has 0 amide bonds. The molecule has 0 saturated carbocycles. The Bertz CT molecular complexity index is 137. The maximum Gasteiger partial charge on any atom is 0.0262 e. The molecule has 0 radical (unpaired) electrons. The minimum absolute atomic E-state index is 0.765. The molecule has 2 heteroatoms. The molecule has 2 aliphatic rings. The third-order valence-electron chi connectivity index (χ3n) is 2.42. The first kappa shape index (κ1) is 6.38. The van der Waals surface area contributed by atoms with Gasteiger partial charge < -0.3 is 5.32 Å². The summed E-state index contributed by atoms with van der Waals surface area (Å²) in [5.74, 6) is 0. The molecule has 1 atom stereocenters. The van der Waals surface area contributed by atoms with Gasteiger partial charge in [-0.25, -0.2) is 0 Å². The Balaban J connectivity index is 2.04. The number of nitrogens with one attached hydrogen (secondary N) is 1. The zero-order chi connectivity index (χ0) is 6.97. The molecular formula is C8H14N2. The van der Waals surface area contributed by atoms with E-state index in [2.05, 4.69) is 16.8 Å². The first-order chi connectivity index (χ1) is 4.86. The van der Waals surface area contributed by atoms with E-state index in [0.717, 1.165) is 19.1 Å². The van der Waals surface area contributed by atoms with Crippen LogP contribution >= 0.6 is 0 Å². The number of fused-ring (bicyclic) bond motifs is 1. The summed E-state index contributed by atoms with van der Waals surface area (Å²) in [6.07, 6.45) is 1.22. The van der Waals surface area contributed by atoms with Crippen molar-refractivity contribution in [3.63, 3.8) is 0 Å². The highest BCUT2D eigenvalue weighted by Gasteiger charge is 2.28. The van der Waals surface area contributed by atoms with E-state index < -0.39 is 0 Å². The third kappa shape index (κ3) is 0.976. The molecule has 0 spiro atoms. The monoisotopic (exact) mass is 138 g/mol. The van der Waals surface area contributed by atoms with Crippen molar-refractivity contribution >= 4 is 0 Å². The van der Waals surface area contributed by atoms with Crippen LogP contribution in [0.15, 0.2) is 12.2 Å². The van der Waals surface area contributed by atoms with E-state index in [9.17, 15) is 0 Å². The average Bonchev–Trinajstić information content (AvgIpc) is 2.27. The van der Waals surface area contributed by atoms with Crippen LogP contribution in [0.5, 0.6) is 0 Å². The normalized spacial score (nSPS) is 34.4. The lowest BCUT2D eigenvalue weighted by Gasteiger charge is -2.29. The molecule has 0 unspecified atom stereocenters. The Morgan fingerprint density at radius 1 is 1.60 bits per heavy atom. The summed E-state index contributed by atoms with van der Waals surface area (Å²) in [6.45, 7) is 8.69. The van der Waals surface area contributed by atoms with Gasteiger partial charge in [0.2, 0.25) is 0 Å². The van der Waals surface area contributed by atoms with Gasteiger partial charge in [-0.2, -0.15) is 0 Å². The van der Waals surface area contributed by atoms with Gasteiger partial charge >= 0.3 is 0 Å². The largest absolute Gasteiger partial charge is 0.314 e. The van der Waals surface area contributed by atoms with E-state index in [1.54, 1.807) is 0 Å². The van der Waals surface area contributed by atoms with Crippen LogP contribution in [-0.2, 0) is 0 Å². The lowest BCUT2D eigenvalue weighted by Crippen LogP contribution is -2.47. The van der Waals surface area contributed by atoms with Gasteiger partial charge in [-0.1, -0.05) is 12.2 Å². The van der Waals surface area contributed by atoms with Gasteiger partial charge in [0.25, 0.3) is 0 Å². The minimum Gasteiger partial charge on any atom is -0.314 e. The summed E-state index contributed by atoms with van der Waals surface area (Å²) in [4.78, 5) is 2.53. The van der Waals surface area contributed by atoms with E-state index in [4.69, 9.17) is 0 Å². The number of piperazine rings is 1. The summed E-state index contributed by atoms with van der Waals surface area (Å²) in [5.41, 5.74) is 1.41. The van der Waals surface area contributed by atoms with Gasteiger partial charge in [-0.05, 0) is 6.42 Å². The van der Waals surface area contributed by atoms with E-state index in [1.807, 2.05) is 0 Å². The third-order valence-corrected chi connectivity index (χ3v) is 2.42. The molecule has 0 aliphatic carbocycles. The molecule has 2 rings (SSSR count). The van der Waals surface area contributed by atoms with Gasteiger partial charge in [-0.15, -0.1) is 0 Å². The summed E-state index contributed by atoms with van der Waals surface area (Å²) < 4.78 is 0. The van der Waals surface area contributed by atoms with Crippen molar-refractivity contribution in [3.05, 3.63) is 12.2 Å². The summed E-state index contributed by atoms with van der Waals surface area (Å²) in [7, 11) is 0. The summed E-state index contributed by atoms with van der Waals surface area (Å²) in [6, 6.07) is 0.765. The van der Waals surface area contributed by atoms with Gasteiger partial charge in [0.05, 0.1) is 0 Å². The van der Waals surface area contributed by atoms with Gasteiger partial charge in [0.1, 0.15) is 0 Å². The molecule has 2 heterocycles. The molecule has 2 nitrogen and oxygen atoms in total. The first-order valence-electron chi connectivity index (χ1n) is 3.97. The second-order valence-corrected chi connectivity index (χ2v) is 3.28. The maximum atomic E-state index is 4.01. The first-order valence-corrected chi connectivity index (χ1v) is 3.97. The molecule has 0 bridgehead atoms. The van der Waals surface area contributed by atoms with Crippen LogP contribution < -0.4 is 5.32 Å². The maximum absolute atomic E-state index is 4.01. The quantitative estimate of drug-likeness (QED) is 0.482. The summed E-state index contributed by atoms with van der Waals surface area (Å²) >= 11 is 0. The molecule has 10 heavy (non-hydrogen) atoms. The number of hydrogen-bond acceptors (Lipinski definition) is 2. The average molecular weight is 138 g/mol. The Hall–Kier alpha value is -0.340. The molecule has 0 aromatic carbocycles. The van der Waals surface area contributed by atoms with Gasteiger partial charge in [0, 0.05) is 32.2 Å². The summed E-state index contributed by atoms with van der Waals surface area (Å²) in [5, 5.41) is 3.39. The van der Waals surface area contributed by atoms with Crippen LogP contribution in [0.1, 0.15) is 6.42 Å². The molecule has 2 aliphatic heterocycles. The fourth-order valence-electron chi connectivity index (χ4n) is 1.90. The van der Waals surface area contributed by atoms with Crippen molar-refractivity contribution in [2.45, 2.75) is 12.5 Å². The van der Waals surface area contributed by atoms with E-state index >= 15 is 0 Å². The molecule has 0 aromatic heterocycles. The predicted molar refractivity (Wildman–Crippen MR) is 42.0 cm³/mol. The molecule has 2 saturated heterocycles. The second-order valence-electron chi connectivity index (χ2n) is 3.28. The topological polar surface area (TPSA) is 15.3 Å². The van der Waals surface area contributed by atoms with Crippen LogP contribution in [0.25, 0.3) is 0 Å². The number of rotatable bonds is 0. The smallest absolute Gasteiger partial charge is 0.0262 e. The molecular weight excluding hydrogens is 124 g/mol. The van der Waals surface area contributed by atoms with Crippen molar-refractivity contribution in [2.75, 3.05) is 26.2 Å². The highest BCUT2D eigenvalue weighted by Crippen LogP contribution is 2.21. The van der Waals surface area contributed by atoms with Crippen molar-refractivity contribution in [2.24, 2.45) is 0 Å². The molecule has 1 N–H and O–H groups in total. The Morgan fingerprint density at radius 2 is 2.50 bits per heavy atom.